The summed E-state index contributed by atoms with van der Waals surface area (Å²) in [6.07, 6.45) is 4.41. The molecule has 0 nitrogen and oxygen atoms in total. The standard InChI is InChI=1S/C13H17Br2FS/c1-17-8-2-7-13(9-14,10-15)11-3-5-12(16)6-4-11/h3-6H,2,7-10H2,1H3. The summed E-state index contributed by atoms with van der Waals surface area (Å²) in [4.78, 5) is 0. The number of benzene rings is 1. The van der Waals surface area contributed by atoms with Crippen molar-refractivity contribution >= 4 is 43.6 Å². The molecule has 0 atom stereocenters. The van der Waals surface area contributed by atoms with Gasteiger partial charge in [-0.25, -0.2) is 4.39 Å². The molecular weight excluding hydrogens is 367 g/mol. The average molecular weight is 384 g/mol. The highest BCUT2D eigenvalue weighted by molar-refractivity contribution is 9.09. The predicted octanol–water partition coefficient (Wildman–Crippen LogP) is 5.00. The molecule has 0 bridgehead atoms. The molecule has 0 amide bonds. The predicted molar refractivity (Wildman–Crippen MR) is 83.3 cm³/mol. The SMILES string of the molecule is CSCCCC(CBr)(CBr)c1ccc(F)cc1. The van der Waals surface area contributed by atoms with Gasteiger partial charge in [0.2, 0.25) is 0 Å². The Morgan fingerprint density at radius 3 is 2.24 bits per heavy atom. The van der Waals surface area contributed by atoms with Gasteiger partial charge in [-0.05, 0) is 42.5 Å². The number of rotatable bonds is 7. The Kier molecular flexibility index (Phi) is 7.12. The monoisotopic (exact) mass is 382 g/mol. The number of halogens is 3. The third kappa shape index (κ3) is 4.25. The van der Waals surface area contributed by atoms with Gasteiger partial charge >= 0.3 is 0 Å². The molecule has 0 N–H and O–H groups in total. The molecule has 1 rings (SSSR count). The van der Waals surface area contributed by atoms with Crippen LogP contribution in [0, 0.1) is 5.82 Å². The van der Waals surface area contributed by atoms with Crippen molar-refractivity contribution in [3.8, 4) is 0 Å². The summed E-state index contributed by atoms with van der Waals surface area (Å²) in [6, 6.07) is 6.89. The second-order valence-electron chi connectivity index (χ2n) is 4.15. The van der Waals surface area contributed by atoms with E-state index in [-0.39, 0.29) is 11.2 Å². The maximum atomic E-state index is 13.0. The lowest BCUT2D eigenvalue weighted by atomic mass is 9.80. The topological polar surface area (TPSA) is 0 Å². The van der Waals surface area contributed by atoms with E-state index in [1.165, 1.54) is 17.7 Å². The molecule has 0 radical (unpaired) electrons. The van der Waals surface area contributed by atoms with Gasteiger partial charge in [0.25, 0.3) is 0 Å². The maximum absolute atomic E-state index is 13.0. The Morgan fingerprint density at radius 1 is 1.18 bits per heavy atom. The smallest absolute Gasteiger partial charge is 0.123 e. The Hall–Kier alpha value is 0.460. The van der Waals surface area contributed by atoms with Gasteiger partial charge in [0, 0.05) is 16.1 Å². The normalized spacial score (nSPS) is 11.8. The van der Waals surface area contributed by atoms with Crippen molar-refractivity contribution in [2.75, 3.05) is 22.7 Å². The molecule has 0 aromatic heterocycles. The van der Waals surface area contributed by atoms with E-state index in [1.807, 2.05) is 23.9 Å². The summed E-state index contributed by atoms with van der Waals surface area (Å²) in [5.74, 6) is 0.999. The third-order valence-corrected chi connectivity index (χ3v) is 5.82. The largest absolute Gasteiger partial charge is 0.207 e. The highest BCUT2D eigenvalue weighted by Crippen LogP contribution is 2.34. The third-order valence-electron chi connectivity index (χ3n) is 2.97. The first-order valence-corrected chi connectivity index (χ1v) is 9.19. The van der Waals surface area contributed by atoms with E-state index in [4.69, 9.17) is 0 Å². The highest BCUT2D eigenvalue weighted by Gasteiger charge is 2.29. The Morgan fingerprint density at radius 2 is 1.76 bits per heavy atom. The summed E-state index contributed by atoms with van der Waals surface area (Å²) in [5.41, 5.74) is 1.28. The molecule has 1 aromatic carbocycles. The fraction of sp³-hybridized carbons (Fsp3) is 0.538. The van der Waals surface area contributed by atoms with Crippen LogP contribution in [0.15, 0.2) is 24.3 Å². The van der Waals surface area contributed by atoms with Crippen LogP contribution < -0.4 is 0 Å². The molecule has 0 aliphatic carbocycles. The Bertz CT molecular complexity index is 323. The van der Waals surface area contributed by atoms with Gasteiger partial charge in [-0.15, -0.1) is 0 Å². The van der Waals surface area contributed by atoms with Crippen molar-refractivity contribution in [2.45, 2.75) is 18.3 Å². The molecule has 1 aromatic rings. The second kappa shape index (κ2) is 7.80. The number of alkyl halides is 2. The lowest BCUT2D eigenvalue weighted by molar-refractivity contribution is 0.498. The van der Waals surface area contributed by atoms with E-state index in [0.29, 0.717) is 0 Å². The first-order valence-electron chi connectivity index (χ1n) is 5.55. The van der Waals surface area contributed by atoms with Crippen molar-refractivity contribution in [1.82, 2.24) is 0 Å². The van der Waals surface area contributed by atoms with Crippen molar-refractivity contribution in [2.24, 2.45) is 0 Å². The molecule has 4 heteroatoms. The molecule has 0 aliphatic rings. The van der Waals surface area contributed by atoms with Crippen LogP contribution in [0.1, 0.15) is 18.4 Å². The zero-order valence-corrected chi connectivity index (χ0v) is 13.9. The van der Waals surface area contributed by atoms with Crippen LogP contribution in [0.4, 0.5) is 4.39 Å². The fourth-order valence-electron chi connectivity index (χ4n) is 1.83. The van der Waals surface area contributed by atoms with Crippen LogP contribution >= 0.6 is 43.6 Å². The zero-order chi connectivity index (χ0) is 12.7. The lowest BCUT2D eigenvalue weighted by Gasteiger charge is -2.30. The first-order chi connectivity index (χ1) is 8.18. The van der Waals surface area contributed by atoms with E-state index < -0.39 is 0 Å². The molecule has 0 saturated carbocycles. The van der Waals surface area contributed by atoms with Gasteiger partial charge in [-0.3, -0.25) is 0 Å². The van der Waals surface area contributed by atoms with Crippen LogP contribution in [0.3, 0.4) is 0 Å². The summed E-state index contributed by atoms with van der Waals surface area (Å²) in [7, 11) is 0. The minimum atomic E-state index is -0.170. The lowest BCUT2D eigenvalue weighted by Crippen LogP contribution is -2.30. The minimum Gasteiger partial charge on any atom is -0.207 e. The van der Waals surface area contributed by atoms with Gasteiger partial charge < -0.3 is 0 Å². The number of hydrogen-bond donors (Lipinski definition) is 0. The highest BCUT2D eigenvalue weighted by atomic mass is 79.9. The van der Waals surface area contributed by atoms with Crippen molar-refractivity contribution in [3.63, 3.8) is 0 Å². The molecule has 0 heterocycles. The van der Waals surface area contributed by atoms with Crippen LogP contribution in [-0.4, -0.2) is 22.7 Å². The van der Waals surface area contributed by atoms with E-state index in [1.54, 1.807) is 12.1 Å². The fourth-order valence-corrected chi connectivity index (χ4v) is 4.40. The maximum Gasteiger partial charge on any atom is 0.123 e. The first kappa shape index (κ1) is 15.5. The molecule has 17 heavy (non-hydrogen) atoms. The summed E-state index contributed by atoms with van der Waals surface area (Å²) in [6.45, 7) is 0. The summed E-state index contributed by atoms with van der Waals surface area (Å²) in [5, 5.41) is 1.79. The van der Waals surface area contributed by atoms with E-state index >= 15 is 0 Å². The molecule has 0 saturated heterocycles. The van der Waals surface area contributed by atoms with Crippen LogP contribution in [-0.2, 0) is 5.41 Å². The van der Waals surface area contributed by atoms with Crippen molar-refractivity contribution in [3.05, 3.63) is 35.6 Å². The van der Waals surface area contributed by atoms with Crippen LogP contribution in [0.2, 0.25) is 0 Å². The van der Waals surface area contributed by atoms with E-state index in [9.17, 15) is 4.39 Å². The molecule has 0 spiro atoms. The minimum absolute atomic E-state index is 0.0728. The van der Waals surface area contributed by atoms with Crippen molar-refractivity contribution in [1.29, 1.82) is 0 Å². The molecule has 0 fully saturated rings. The van der Waals surface area contributed by atoms with Crippen LogP contribution in [0.5, 0.6) is 0 Å². The van der Waals surface area contributed by atoms with Gasteiger partial charge in [-0.1, -0.05) is 44.0 Å². The van der Waals surface area contributed by atoms with E-state index in [0.717, 1.165) is 17.1 Å². The molecule has 0 unspecified atom stereocenters. The number of hydrogen-bond acceptors (Lipinski definition) is 1. The quantitative estimate of drug-likeness (QED) is 0.471. The van der Waals surface area contributed by atoms with Crippen LogP contribution in [0.25, 0.3) is 0 Å². The van der Waals surface area contributed by atoms with Crippen molar-refractivity contribution < 1.29 is 4.39 Å². The van der Waals surface area contributed by atoms with Gasteiger partial charge in [0.05, 0.1) is 0 Å². The van der Waals surface area contributed by atoms with Gasteiger partial charge in [-0.2, -0.15) is 11.8 Å². The summed E-state index contributed by atoms with van der Waals surface area (Å²) < 4.78 is 13.0. The number of thioether (sulfide) groups is 1. The molecule has 96 valence electrons. The summed E-state index contributed by atoms with van der Waals surface area (Å²) >= 11 is 9.09. The molecule has 0 aliphatic heterocycles. The van der Waals surface area contributed by atoms with Gasteiger partial charge in [0.1, 0.15) is 5.82 Å². The Labute approximate surface area is 124 Å². The second-order valence-corrected chi connectivity index (χ2v) is 6.26. The molecular formula is C13H17Br2FS. The van der Waals surface area contributed by atoms with E-state index in [2.05, 4.69) is 38.1 Å². The Balaban J connectivity index is 2.85. The zero-order valence-electron chi connectivity index (χ0n) is 9.89. The average Bonchev–Trinajstić information content (AvgIpc) is 2.37. The van der Waals surface area contributed by atoms with Gasteiger partial charge in [0.15, 0.2) is 0 Å².